The number of benzene rings is 1. The van der Waals surface area contributed by atoms with Gasteiger partial charge in [0.25, 0.3) is 5.60 Å². The molecule has 2 bridgehead atoms. The fourth-order valence-corrected chi connectivity index (χ4v) is 7.07. The van der Waals surface area contributed by atoms with Gasteiger partial charge in [-0.15, -0.1) is 0 Å². The number of carboxylic acid groups (broad SMARTS) is 3. The zero-order chi connectivity index (χ0) is 38.3. The molecule has 284 valence electrons. The van der Waals surface area contributed by atoms with E-state index in [1.165, 1.54) is 6.92 Å². The maximum Gasteiger partial charge on any atom is 0.407 e. The molecule has 0 spiro atoms. The van der Waals surface area contributed by atoms with Crippen LogP contribution in [0.1, 0.15) is 78.7 Å². The molecule has 2 fully saturated rings. The third kappa shape index (κ3) is 8.71. The predicted octanol–water partition coefficient (Wildman–Crippen LogP) is 3.29. The molecule has 2 saturated heterocycles. The topological polar surface area (TPSA) is 235 Å². The molecule has 2 aliphatic rings. The number of aliphatic hydroxyl groups excluding tert-OH is 1. The summed E-state index contributed by atoms with van der Waals surface area (Å²) in [5.41, 5.74) is -6.28. The smallest absolute Gasteiger partial charge is 0.407 e. The predicted molar refractivity (Wildman–Crippen MR) is 179 cm³/mol. The van der Waals surface area contributed by atoms with Gasteiger partial charge in [0.1, 0.15) is 12.2 Å². The van der Waals surface area contributed by atoms with Crippen molar-refractivity contribution in [3.8, 4) is 0 Å². The van der Waals surface area contributed by atoms with Crippen LogP contribution < -0.4 is 5.32 Å². The van der Waals surface area contributed by atoms with Crippen LogP contribution in [0.15, 0.2) is 42.5 Å². The molecule has 3 rings (SSSR count). The Morgan fingerprint density at radius 2 is 1.67 bits per heavy atom. The van der Waals surface area contributed by atoms with E-state index in [9.17, 15) is 49.5 Å². The van der Waals surface area contributed by atoms with Gasteiger partial charge in [0.15, 0.2) is 6.10 Å². The number of rotatable bonds is 19. The van der Waals surface area contributed by atoms with Crippen molar-refractivity contribution >= 4 is 30.0 Å². The molecular formula is C36H51NO14. The average Bonchev–Trinajstić information content (AvgIpc) is 3.28. The number of hydrogen-bond acceptors (Lipinski definition) is 11. The largest absolute Gasteiger partial charge is 0.479 e. The number of carbonyl (C=O) groups is 5. The van der Waals surface area contributed by atoms with E-state index >= 15 is 0 Å². The Hall–Kier alpha value is -4.05. The molecule has 51 heavy (non-hydrogen) atoms. The van der Waals surface area contributed by atoms with Crippen LogP contribution in [-0.4, -0.2) is 103 Å². The molecule has 15 nitrogen and oxygen atoms in total. The average molecular weight is 722 g/mol. The molecule has 6 N–H and O–H groups in total. The zero-order valence-corrected chi connectivity index (χ0v) is 29.7. The summed E-state index contributed by atoms with van der Waals surface area (Å²) in [5.74, 6) is -9.44. The lowest BCUT2D eigenvalue weighted by molar-refractivity contribution is -0.373. The van der Waals surface area contributed by atoms with E-state index in [0.29, 0.717) is 24.7 Å². The van der Waals surface area contributed by atoms with Crippen LogP contribution in [-0.2, 0) is 44.5 Å². The quantitative estimate of drug-likeness (QED) is 0.0684. The Labute approximate surface area is 296 Å². The summed E-state index contributed by atoms with van der Waals surface area (Å²) < 4.78 is 22.1. The SMILES string of the molecule is C=C(CC[C@]12O[C@H](C(=O)O)[C@@](O)(C(=O)O)[C@](C(=O)O)(O1)[C@H](OC(=O)NCCC[C@@H](C)C[C@@H](C)CC)[C@H]2O)[C@@H](OC(C)=O)[C@H](C)Cc1ccccc1. The zero-order valence-electron chi connectivity index (χ0n) is 29.7. The van der Waals surface area contributed by atoms with E-state index < -0.39 is 77.8 Å². The summed E-state index contributed by atoms with van der Waals surface area (Å²) in [5, 5.41) is 56.1. The standard InChI is InChI=1S/C36H51NO14/c1-7-20(2)18-21(3)12-11-17-37-33(46)49-28-27(39)34(50-29(30(40)41)35(47,31(42)43)36(28,51-34)32(44)45)16-15-22(4)26(48-24(6)38)23(5)19-25-13-9-8-10-14-25/h8-10,13-14,20-21,23,26-29,39,47H,4,7,11-12,15-19H2,1-3,5-6H3,(H,37,46)(H,40,41)(H,42,43)(H,44,45)/t20-,21+,23+,26+,27+,28+,29+,34-,35+,36-/m0/s1. The minimum absolute atomic E-state index is 0.0779. The normalized spacial score (nSPS) is 29.2. The minimum atomic E-state index is -3.90. The highest BCUT2D eigenvalue weighted by Crippen LogP contribution is 2.55. The molecule has 0 unspecified atom stereocenters. The highest BCUT2D eigenvalue weighted by molar-refractivity contribution is 5.98. The van der Waals surface area contributed by atoms with Gasteiger partial charge < -0.3 is 49.8 Å². The minimum Gasteiger partial charge on any atom is -0.479 e. The van der Waals surface area contributed by atoms with Crippen molar-refractivity contribution in [2.45, 2.75) is 121 Å². The number of nitrogens with one attached hydrogen (secondary N) is 1. The Bertz CT molecular complexity index is 1440. The molecule has 0 aromatic heterocycles. The molecule has 2 heterocycles. The maximum atomic E-state index is 13.0. The van der Waals surface area contributed by atoms with Crippen molar-refractivity contribution < 1.29 is 68.5 Å². The van der Waals surface area contributed by atoms with Crippen LogP contribution in [0.4, 0.5) is 4.79 Å². The van der Waals surface area contributed by atoms with Gasteiger partial charge in [-0.1, -0.05) is 71.0 Å². The number of ether oxygens (including phenoxy) is 4. The van der Waals surface area contributed by atoms with Gasteiger partial charge in [0, 0.05) is 25.8 Å². The summed E-state index contributed by atoms with van der Waals surface area (Å²) in [6.45, 7) is 13.4. The number of hydrogen-bond donors (Lipinski definition) is 6. The molecule has 10 atom stereocenters. The van der Waals surface area contributed by atoms with Crippen LogP contribution in [0.2, 0.25) is 0 Å². The fraction of sp³-hybridized carbons (Fsp3) is 0.639. The second-order valence-corrected chi connectivity index (χ2v) is 13.9. The summed E-state index contributed by atoms with van der Waals surface area (Å²) >= 11 is 0. The van der Waals surface area contributed by atoms with Crippen LogP contribution in [0.25, 0.3) is 0 Å². The van der Waals surface area contributed by atoms with Gasteiger partial charge in [0.2, 0.25) is 17.5 Å². The van der Waals surface area contributed by atoms with Crippen molar-refractivity contribution in [3.05, 3.63) is 48.0 Å². The molecule has 0 radical (unpaired) electrons. The first-order valence-electron chi connectivity index (χ1n) is 17.2. The molecule has 1 amide bonds. The molecule has 15 heteroatoms. The first-order chi connectivity index (χ1) is 23.9. The Balaban J connectivity index is 1.92. The van der Waals surface area contributed by atoms with Crippen LogP contribution in [0, 0.1) is 17.8 Å². The molecular weight excluding hydrogens is 670 g/mol. The van der Waals surface area contributed by atoms with Crippen molar-refractivity contribution in [3.63, 3.8) is 0 Å². The lowest BCUT2D eigenvalue weighted by Crippen LogP contribution is -2.78. The third-order valence-corrected chi connectivity index (χ3v) is 9.89. The number of carboxylic acids is 3. The second kappa shape index (κ2) is 17.0. The van der Waals surface area contributed by atoms with Crippen LogP contribution in [0.5, 0.6) is 0 Å². The number of amides is 1. The van der Waals surface area contributed by atoms with Gasteiger partial charge in [0.05, 0.1) is 0 Å². The summed E-state index contributed by atoms with van der Waals surface area (Å²) in [7, 11) is 0. The summed E-state index contributed by atoms with van der Waals surface area (Å²) in [6.07, 6.45) is -6.89. The van der Waals surface area contributed by atoms with E-state index in [0.717, 1.165) is 24.8 Å². The van der Waals surface area contributed by atoms with Gasteiger partial charge in [-0.2, -0.15) is 0 Å². The first kappa shape index (κ1) is 41.4. The first-order valence-corrected chi connectivity index (χ1v) is 17.2. The number of aliphatic hydroxyl groups is 2. The third-order valence-electron chi connectivity index (χ3n) is 9.89. The number of esters is 1. The van der Waals surface area contributed by atoms with Gasteiger partial charge >= 0.3 is 30.0 Å². The summed E-state index contributed by atoms with van der Waals surface area (Å²) in [6, 6.07) is 9.30. The summed E-state index contributed by atoms with van der Waals surface area (Å²) in [4.78, 5) is 63.0. The molecule has 2 aliphatic heterocycles. The van der Waals surface area contributed by atoms with Crippen molar-refractivity contribution in [1.29, 1.82) is 0 Å². The number of fused-ring (bicyclic) bond motifs is 2. The molecule has 0 aliphatic carbocycles. The number of alkyl carbamates (subject to hydrolysis) is 1. The highest BCUT2D eigenvalue weighted by Gasteiger charge is 2.86. The molecule has 0 saturated carbocycles. The van der Waals surface area contributed by atoms with Crippen LogP contribution in [0.3, 0.4) is 0 Å². The van der Waals surface area contributed by atoms with E-state index in [1.54, 1.807) is 6.92 Å². The maximum absolute atomic E-state index is 13.0. The Morgan fingerprint density at radius 3 is 2.22 bits per heavy atom. The monoisotopic (exact) mass is 721 g/mol. The van der Waals surface area contributed by atoms with E-state index in [-0.39, 0.29) is 24.5 Å². The fourth-order valence-electron chi connectivity index (χ4n) is 7.07. The van der Waals surface area contributed by atoms with Crippen molar-refractivity contribution in [1.82, 2.24) is 5.32 Å². The van der Waals surface area contributed by atoms with Crippen molar-refractivity contribution in [2.24, 2.45) is 17.8 Å². The van der Waals surface area contributed by atoms with Crippen molar-refractivity contribution in [2.75, 3.05) is 6.54 Å². The lowest BCUT2D eigenvalue weighted by Gasteiger charge is -2.48. The van der Waals surface area contributed by atoms with E-state index in [2.05, 4.69) is 32.7 Å². The number of carbonyl (C=O) groups excluding carboxylic acids is 2. The van der Waals surface area contributed by atoms with Gasteiger partial charge in [-0.05, 0) is 55.1 Å². The van der Waals surface area contributed by atoms with E-state index in [4.69, 9.17) is 18.9 Å². The Morgan fingerprint density at radius 1 is 1.02 bits per heavy atom. The van der Waals surface area contributed by atoms with Gasteiger partial charge in [-0.25, -0.2) is 19.2 Å². The highest BCUT2D eigenvalue weighted by atomic mass is 16.8. The molecule has 1 aromatic carbocycles. The lowest BCUT2D eigenvalue weighted by atomic mass is 9.74. The molecule has 1 aromatic rings. The number of aliphatic carboxylic acids is 3. The second-order valence-electron chi connectivity index (χ2n) is 13.9. The Kier molecular flexibility index (Phi) is 13.8. The van der Waals surface area contributed by atoms with Crippen LogP contribution >= 0.6 is 0 Å². The van der Waals surface area contributed by atoms with E-state index in [1.807, 2.05) is 30.3 Å². The van der Waals surface area contributed by atoms with Gasteiger partial charge in [-0.3, -0.25) is 4.79 Å².